The third-order valence-electron chi connectivity index (χ3n) is 3.92. The third kappa shape index (κ3) is 3.59. The Hall–Kier alpha value is -1.47. The Bertz CT molecular complexity index is 638. The summed E-state index contributed by atoms with van der Waals surface area (Å²) < 4.78 is 40.7. The van der Waals surface area contributed by atoms with Crippen molar-refractivity contribution in [1.29, 1.82) is 0 Å². The first-order chi connectivity index (χ1) is 9.81. The molecule has 0 aliphatic heterocycles. The van der Waals surface area contributed by atoms with Gasteiger partial charge in [-0.1, -0.05) is 12.8 Å². The van der Waals surface area contributed by atoms with Gasteiger partial charge in [-0.2, -0.15) is 0 Å². The fourth-order valence-corrected chi connectivity index (χ4v) is 4.09. The van der Waals surface area contributed by atoms with Crippen molar-refractivity contribution in [2.24, 2.45) is 5.92 Å². The molecule has 1 atom stereocenters. The molecule has 1 aromatic carbocycles. The van der Waals surface area contributed by atoms with Gasteiger partial charge in [-0.15, -0.1) is 0 Å². The smallest absolute Gasteiger partial charge is 0.335 e. The molecule has 116 valence electrons. The van der Waals surface area contributed by atoms with E-state index >= 15 is 0 Å². The van der Waals surface area contributed by atoms with Crippen molar-refractivity contribution >= 4 is 16.0 Å². The number of carbonyl (C=O) groups is 1. The number of nitrogens with one attached hydrogen (secondary N) is 1. The van der Waals surface area contributed by atoms with E-state index in [1.54, 1.807) is 6.92 Å². The largest absolute Gasteiger partial charge is 0.478 e. The van der Waals surface area contributed by atoms with Crippen molar-refractivity contribution in [3.63, 3.8) is 0 Å². The lowest BCUT2D eigenvalue weighted by Crippen LogP contribution is -2.37. The average molecular weight is 315 g/mol. The Labute approximate surface area is 123 Å². The molecule has 5 nitrogen and oxygen atoms in total. The zero-order valence-corrected chi connectivity index (χ0v) is 12.5. The van der Waals surface area contributed by atoms with Crippen LogP contribution in [-0.2, 0) is 10.0 Å². The number of carboxylic acids is 1. The highest BCUT2D eigenvalue weighted by molar-refractivity contribution is 7.89. The number of rotatable bonds is 5. The predicted molar refractivity (Wildman–Crippen MR) is 75.1 cm³/mol. The van der Waals surface area contributed by atoms with Gasteiger partial charge in [-0.25, -0.2) is 22.3 Å². The van der Waals surface area contributed by atoms with Gasteiger partial charge in [0.15, 0.2) is 0 Å². The third-order valence-corrected chi connectivity index (χ3v) is 5.51. The van der Waals surface area contributed by atoms with E-state index < -0.39 is 26.7 Å². The Morgan fingerprint density at radius 2 is 2.00 bits per heavy atom. The van der Waals surface area contributed by atoms with Crippen molar-refractivity contribution in [3.05, 3.63) is 29.6 Å². The molecular weight excluding hydrogens is 297 g/mol. The fourth-order valence-electron chi connectivity index (χ4n) is 2.71. The van der Waals surface area contributed by atoms with Crippen molar-refractivity contribution in [2.75, 3.05) is 0 Å². The van der Waals surface area contributed by atoms with E-state index in [0.29, 0.717) is 0 Å². The fraction of sp³-hybridized carbons (Fsp3) is 0.500. The van der Waals surface area contributed by atoms with Gasteiger partial charge in [0.1, 0.15) is 10.7 Å². The quantitative estimate of drug-likeness (QED) is 0.874. The Morgan fingerprint density at radius 3 is 2.52 bits per heavy atom. The van der Waals surface area contributed by atoms with E-state index in [-0.39, 0.29) is 17.5 Å². The second-order valence-corrected chi connectivity index (χ2v) is 7.09. The number of benzene rings is 1. The van der Waals surface area contributed by atoms with Crippen LogP contribution in [0.25, 0.3) is 0 Å². The maximum absolute atomic E-state index is 13.9. The molecule has 21 heavy (non-hydrogen) atoms. The Balaban J connectivity index is 2.21. The Morgan fingerprint density at radius 1 is 1.38 bits per heavy atom. The lowest BCUT2D eigenvalue weighted by Gasteiger charge is -2.20. The van der Waals surface area contributed by atoms with Gasteiger partial charge in [-0.05, 0) is 43.9 Å². The van der Waals surface area contributed by atoms with E-state index in [1.807, 2.05) is 0 Å². The van der Waals surface area contributed by atoms with Gasteiger partial charge >= 0.3 is 5.97 Å². The van der Waals surface area contributed by atoms with Crippen molar-refractivity contribution in [2.45, 2.75) is 43.5 Å². The van der Waals surface area contributed by atoms with Crippen LogP contribution < -0.4 is 4.72 Å². The molecule has 2 N–H and O–H groups in total. The number of hydrogen-bond acceptors (Lipinski definition) is 3. The molecule has 1 aliphatic carbocycles. The summed E-state index contributed by atoms with van der Waals surface area (Å²) in [6.07, 6.45) is 4.09. The zero-order valence-electron chi connectivity index (χ0n) is 11.7. The zero-order chi connectivity index (χ0) is 15.6. The van der Waals surface area contributed by atoms with Crippen molar-refractivity contribution < 1.29 is 22.7 Å². The molecule has 0 amide bonds. The van der Waals surface area contributed by atoms with Crippen molar-refractivity contribution in [3.8, 4) is 0 Å². The normalized spacial score (nSPS) is 17.8. The Kier molecular flexibility index (Phi) is 4.63. The maximum Gasteiger partial charge on any atom is 0.335 e. The first-order valence-corrected chi connectivity index (χ1v) is 8.35. The first kappa shape index (κ1) is 15.9. The van der Waals surface area contributed by atoms with Crippen LogP contribution in [0.1, 0.15) is 43.0 Å². The molecule has 7 heteroatoms. The highest BCUT2D eigenvalue weighted by atomic mass is 32.2. The maximum atomic E-state index is 13.9. The predicted octanol–water partition coefficient (Wildman–Crippen LogP) is 2.38. The van der Waals surface area contributed by atoms with Gasteiger partial charge < -0.3 is 5.11 Å². The minimum absolute atomic E-state index is 0.265. The van der Waals surface area contributed by atoms with Gasteiger partial charge in [0, 0.05) is 6.04 Å². The molecule has 0 bridgehead atoms. The van der Waals surface area contributed by atoms with Gasteiger partial charge in [0.2, 0.25) is 10.0 Å². The van der Waals surface area contributed by atoms with Crippen LogP contribution in [0.15, 0.2) is 23.1 Å². The second-order valence-electron chi connectivity index (χ2n) is 5.40. The van der Waals surface area contributed by atoms with E-state index in [4.69, 9.17) is 5.11 Å². The van der Waals surface area contributed by atoms with Crippen LogP contribution in [-0.4, -0.2) is 25.5 Å². The van der Waals surface area contributed by atoms with Gasteiger partial charge in [0.05, 0.1) is 5.56 Å². The number of sulfonamides is 1. The molecule has 1 saturated carbocycles. The van der Waals surface area contributed by atoms with Crippen LogP contribution in [0.4, 0.5) is 4.39 Å². The summed E-state index contributed by atoms with van der Waals surface area (Å²) in [5.41, 5.74) is -0.282. The first-order valence-electron chi connectivity index (χ1n) is 6.86. The van der Waals surface area contributed by atoms with Crippen molar-refractivity contribution in [1.82, 2.24) is 4.72 Å². The summed E-state index contributed by atoms with van der Waals surface area (Å²) in [7, 11) is -3.99. The average Bonchev–Trinajstić information content (AvgIpc) is 2.91. The van der Waals surface area contributed by atoms with E-state index in [1.165, 1.54) is 0 Å². The van der Waals surface area contributed by atoms with Gasteiger partial charge in [-0.3, -0.25) is 0 Å². The summed E-state index contributed by atoms with van der Waals surface area (Å²) in [5.74, 6) is -2.09. The molecule has 1 fully saturated rings. The molecular formula is C14H18FNO4S. The number of aromatic carboxylic acids is 1. The van der Waals surface area contributed by atoms with Crippen LogP contribution in [0.3, 0.4) is 0 Å². The summed E-state index contributed by atoms with van der Waals surface area (Å²) in [4.78, 5) is 10.2. The molecule has 0 unspecified atom stereocenters. The molecule has 1 aromatic rings. The van der Waals surface area contributed by atoms with Crippen LogP contribution in [0.2, 0.25) is 0 Å². The molecule has 2 rings (SSSR count). The molecule has 0 spiro atoms. The minimum Gasteiger partial charge on any atom is -0.478 e. The van der Waals surface area contributed by atoms with E-state index in [9.17, 15) is 17.6 Å². The standard InChI is InChI=1S/C14H18FNO4S/c1-9(10-4-2-3-5-10)16-21(19,20)13-7-6-11(14(17)18)8-12(13)15/h6-10,16H,2-5H2,1H3,(H,17,18)/t9-/m0/s1. The summed E-state index contributed by atoms with van der Waals surface area (Å²) in [6, 6.07) is 2.52. The lowest BCUT2D eigenvalue weighted by atomic mass is 10.0. The topological polar surface area (TPSA) is 83.5 Å². The molecule has 1 aliphatic rings. The summed E-state index contributed by atoms with van der Waals surface area (Å²) >= 11 is 0. The second kappa shape index (κ2) is 6.11. The molecule has 0 radical (unpaired) electrons. The van der Waals surface area contributed by atoms with Crippen LogP contribution >= 0.6 is 0 Å². The summed E-state index contributed by atoms with van der Waals surface area (Å²) in [5, 5.41) is 8.76. The lowest BCUT2D eigenvalue weighted by molar-refractivity contribution is 0.0696. The number of hydrogen-bond donors (Lipinski definition) is 2. The monoisotopic (exact) mass is 315 g/mol. The summed E-state index contributed by atoms with van der Waals surface area (Å²) in [6.45, 7) is 1.77. The number of carboxylic acid groups (broad SMARTS) is 1. The molecule has 0 saturated heterocycles. The minimum atomic E-state index is -3.99. The highest BCUT2D eigenvalue weighted by Gasteiger charge is 2.28. The molecule has 0 heterocycles. The highest BCUT2D eigenvalue weighted by Crippen LogP contribution is 2.28. The van der Waals surface area contributed by atoms with Crippen LogP contribution in [0, 0.1) is 11.7 Å². The number of halogens is 1. The van der Waals surface area contributed by atoms with Crippen LogP contribution in [0.5, 0.6) is 0 Å². The molecule has 0 aromatic heterocycles. The SMILES string of the molecule is C[C@H](NS(=O)(=O)c1ccc(C(=O)O)cc1F)C1CCCC1. The van der Waals surface area contributed by atoms with E-state index in [0.717, 1.165) is 43.9 Å². The van der Waals surface area contributed by atoms with Gasteiger partial charge in [0.25, 0.3) is 0 Å². The van der Waals surface area contributed by atoms with E-state index in [2.05, 4.69) is 4.72 Å².